The zero-order valence-electron chi connectivity index (χ0n) is 13.2. The number of hydrogen-bond donors (Lipinski definition) is 1. The summed E-state index contributed by atoms with van der Waals surface area (Å²) < 4.78 is 5.92. The fourth-order valence-electron chi connectivity index (χ4n) is 2.12. The molecule has 0 aliphatic carbocycles. The first-order valence-electron chi connectivity index (χ1n) is 7.40. The van der Waals surface area contributed by atoms with Crippen molar-refractivity contribution in [1.29, 1.82) is 0 Å². The lowest BCUT2D eigenvalue weighted by atomic mass is 9.88. The number of ether oxygens (including phenoxy) is 1. The molecule has 0 spiro atoms. The van der Waals surface area contributed by atoms with Crippen molar-refractivity contribution in [2.75, 3.05) is 6.54 Å². The van der Waals surface area contributed by atoms with Crippen LogP contribution in [0.25, 0.3) is 0 Å². The quantitative estimate of drug-likeness (QED) is 0.795. The van der Waals surface area contributed by atoms with Gasteiger partial charge in [0.1, 0.15) is 5.75 Å². The number of hydrogen-bond acceptors (Lipinski definition) is 2. The van der Waals surface area contributed by atoms with Crippen molar-refractivity contribution in [1.82, 2.24) is 5.32 Å². The highest BCUT2D eigenvalue weighted by Crippen LogP contribution is 2.32. The maximum atomic E-state index is 5.92. The Balaban J connectivity index is 2.77. The zero-order valence-corrected chi connectivity index (χ0v) is 13.2. The van der Waals surface area contributed by atoms with Crippen molar-refractivity contribution in [3.63, 3.8) is 0 Å². The normalized spacial score (nSPS) is 14.7. The van der Waals surface area contributed by atoms with Crippen LogP contribution in [0.4, 0.5) is 0 Å². The smallest absolute Gasteiger partial charge is 0.123 e. The number of para-hydroxylation sites is 1. The van der Waals surface area contributed by atoms with E-state index in [0.717, 1.165) is 12.3 Å². The third-order valence-electron chi connectivity index (χ3n) is 3.47. The second kappa shape index (κ2) is 7.54. The van der Waals surface area contributed by atoms with E-state index < -0.39 is 0 Å². The maximum Gasteiger partial charge on any atom is 0.123 e. The molecule has 108 valence electrons. The van der Waals surface area contributed by atoms with Crippen LogP contribution < -0.4 is 10.1 Å². The van der Waals surface area contributed by atoms with Gasteiger partial charge >= 0.3 is 0 Å². The first-order valence-corrected chi connectivity index (χ1v) is 7.40. The lowest BCUT2D eigenvalue weighted by Gasteiger charge is -2.24. The minimum atomic E-state index is 0.220. The standard InChI is InChI=1S/C17H29NO/c1-12(2)18-11-14(5)15(6)16-9-7-8-10-17(16)19-13(3)4/h7-10,12-15,18H,11H2,1-6H3. The lowest BCUT2D eigenvalue weighted by Crippen LogP contribution is -2.30. The largest absolute Gasteiger partial charge is 0.491 e. The SMILES string of the molecule is CC(C)NCC(C)C(C)c1ccccc1OC(C)C. The second-order valence-electron chi connectivity index (χ2n) is 6.03. The van der Waals surface area contributed by atoms with Crippen LogP contribution in [-0.2, 0) is 0 Å². The predicted octanol–water partition coefficient (Wildman–Crippen LogP) is 4.21. The Bertz CT molecular complexity index is 373. The van der Waals surface area contributed by atoms with E-state index in [0.29, 0.717) is 17.9 Å². The van der Waals surface area contributed by atoms with Gasteiger partial charge in [0.2, 0.25) is 0 Å². The van der Waals surface area contributed by atoms with Gasteiger partial charge in [0.05, 0.1) is 6.10 Å². The summed E-state index contributed by atoms with van der Waals surface area (Å²) in [6.45, 7) is 14.1. The van der Waals surface area contributed by atoms with Crippen LogP contribution in [0.3, 0.4) is 0 Å². The summed E-state index contributed by atoms with van der Waals surface area (Å²) >= 11 is 0. The first kappa shape index (κ1) is 16.0. The summed E-state index contributed by atoms with van der Waals surface area (Å²) in [5, 5.41) is 3.52. The molecule has 0 aliphatic rings. The van der Waals surface area contributed by atoms with Crippen molar-refractivity contribution in [3.8, 4) is 5.75 Å². The second-order valence-corrected chi connectivity index (χ2v) is 6.03. The van der Waals surface area contributed by atoms with Crippen LogP contribution in [0.2, 0.25) is 0 Å². The van der Waals surface area contributed by atoms with Gasteiger partial charge in [0, 0.05) is 6.04 Å². The molecule has 0 radical (unpaired) electrons. The molecule has 0 saturated carbocycles. The topological polar surface area (TPSA) is 21.3 Å². The number of rotatable bonds is 7. The summed E-state index contributed by atoms with van der Waals surface area (Å²) in [7, 11) is 0. The van der Waals surface area contributed by atoms with Gasteiger partial charge in [-0.1, -0.05) is 45.9 Å². The average molecular weight is 263 g/mol. The van der Waals surface area contributed by atoms with Crippen LogP contribution in [0.5, 0.6) is 5.75 Å². The minimum absolute atomic E-state index is 0.220. The van der Waals surface area contributed by atoms with E-state index in [2.05, 4.69) is 65.1 Å². The molecule has 1 N–H and O–H groups in total. The van der Waals surface area contributed by atoms with E-state index >= 15 is 0 Å². The van der Waals surface area contributed by atoms with Gasteiger partial charge in [-0.25, -0.2) is 0 Å². The molecule has 2 atom stereocenters. The van der Waals surface area contributed by atoms with E-state index in [-0.39, 0.29) is 6.10 Å². The Labute approximate surface area is 118 Å². The monoisotopic (exact) mass is 263 g/mol. The summed E-state index contributed by atoms with van der Waals surface area (Å²) in [5.41, 5.74) is 1.31. The zero-order chi connectivity index (χ0) is 14.4. The number of benzene rings is 1. The molecular weight excluding hydrogens is 234 g/mol. The Hall–Kier alpha value is -1.02. The summed E-state index contributed by atoms with van der Waals surface area (Å²) in [5.74, 6) is 2.10. The van der Waals surface area contributed by atoms with Crippen LogP contribution in [0, 0.1) is 5.92 Å². The Morgan fingerprint density at radius 3 is 2.21 bits per heavy atom. The fraction of sp³-hybridized carbons (Fsp3) is 0.647. The fourth-order valence-corrected chi connectivity index (χ4v) is 2.12. The number of nitrogens with one attached hydrogen (secondary N) is 1. The molecule has 0 aliphatic heterocycles. The van der Waals surface area contributed by atoms with Crippen molar-refractivity contribution in [3.05, 3.63) is 29.8 Å². The molecule has 19 heavy (non-hydrogen) atoms. The molecule has 0 fully saturated rings. The van der Waals surface area contributed by atoms with E-state index in [1.165, 1.54) is 5.56 Å². The van der Waals surface area contributed by atoms with Gasteiger partial charge in [0.25, 0.3) is 0 Å². The summed E-state index contributed by atoms with van der Waals surface area (Å²) in [6, 6.07) is 8.95. The van der Waals surface area contributed by atoms with Gasteiger partial charge < -0.3 is 10.1 Å². The molecule has 0 aromatic heterocycles. The molecule has 1 aromatic carbocycles. The van der Waals surface area contributed by atoms with Gasteiger partial charge in [-0.05, 0) is 43.9 Å². The predicted molar refractivity (Wildman–Crippen MR) is 82.9 cm³/mol. The van der Waals surface area contributed by atoms with E-state index in [4.69, 9.17) is 4.74 Å². The third kappa shape index (κ3) is 5.23. The van der Waals surface area contributed by atoms with Crippen LogP contribution in [-0.4, -0.2) is 18.7 Å². The summed E-state index contributed by atoms with van der Waals surface area (Å²) in [6.07, 6.45) is 0.220. The molecule has 1 aromatic rings. The molecule has 0 bridgehead atoms. The van der Waals surface area contributed by atoms with E-state index in [1.54, 1.807) is 0 Å². The molecular formula is C17H29NO. The Kier molecular flexibility index (Phi) is 6.36. The first-order chi connectivity index (χ1) is 8.91. The van der Waals surface area contributed by atoms with E-state index in [9.17, 15) is 0 Å². The lowest BCUT2D eigenvalue weighted by molar-refractivity contribution is 0.237. The van der Waals surface area contributed by atoms with E-state index in [1.807, 2.05) is 6.07 Å². The van der Waals surface area contributed by atoms with Gasteiger partial charge in [-0.2, -0.15) is 0 Å². The average Bonchev–Trinajstić information content (AvgIpc) is 2.35. The molecule has 2 heteroatoms. The Morgan fingerprint density at radius 2 is 1.63 bits per heavy atom. The van der Waals surface area contributed by atoms with Gasteiger partial charge in [-0.3, -0.25) is 0 Å². The Morgan fingerprint density at radius 1 is 1.00 bits per heavy atom. The van der Waals surface area contributed by atoms with Gasteiger partial charge in [-0.15, -0.1) is 0 Å². The molecule has 2 nitrogen and oxygen atoms in total. The van der Waals surface area contributed by atoms with Crippen molar-refractivity contribution < 1.29 is 4.74 Å². The third-order valence-corrected chi connectivity index (χ3v) is 3.47. The molecule has 0 amide bonds. The van der Waals surface area contributed by atoms with Crippen LogP contribution >= 0.6 is 0 Å². The highest BCUT2D eigenvalue weighted by molar-refractivity contribution is 5.36. The van der Waals surface area contributed by atoms with Crippen LogP contribution in [0.15, 0.2) is 24.3 Å². The maximum absolute atomic E-state index is 5.92. The minimum Gasteiger partial charge on any atom is -0.491 e. The van der Waals surface area contributed by atoms with Crippen molar-refractivity contribution >= 4 is 0 Å². The van der Waals surface area contributed by atoms with Gasteiger partial charge in [0.15, 0.2) is 0 Å². The highest BCUT2D eigenvalue weighted by atomic mass is 16.5. The molecule has 2 unspecified atom stereocenters. The van der Waals surface area contributed by atoms with Crippen molar-refractivity contribution in [2.24, 2.45) is 5.92 Å². The highest BCUT2D eigenvalue weighted by Gasteiger charge is 2.18. The van der Waals surface area contributed by atoms with Crippen LogP contribution in [0.1, 0.15) is 53.0 Å². The summed E-state index contributed by atoms with van der Waals surface area (Å²) in [4.78, 5) is 0. The molecule has 0 saturated heterocycles. The van der Waals surface area contributed by atoms with Crippen molar-refractivity contribution in [2.45, 2.75) is 59.6 Å². The molecule has 1 rings (SSSR count). The molecule has 0 heterocycles.